The zero-order valence-corrected chi connectivity index (χ0v) is 9.64. The molecular formula is C15H12FNO. The van der Waals surface area contributed by atoms with Crippen LogP contribution in [0.15, 0.2) is 60.8 Å². The van der Waals surface area contributed by atoms with Crippen LogP contribution in [-0.2, 0) is 0 Å². The number of amides is 1. The van der Waals surface area contributed by atoms with Crippen molar-refractivity contribution in [3.05, 3.63) is 77.7 Å². The number of rotatable bonds is 3. The molecule has 0 fully saturated rings. The Kier molecular flexibility index (Phi) is 3.86. The number of carbonyl (C=O) groups excluding carboxylic acids is 1. The van der Waals surface area contributed by atoms with Gasteiger partial charge in [-0.3, -0.25) is 4.79 Å². The summed E-state index contributed by atoms with van der Waals surface area (Å²) in [6, 6.07) is 15.0. The van der Waals surface area contributed by atoms with E-state index < -0.39 is 0 Å². The molecule has 90 valence electrons. The van der Waals surface area contributed by atoms with Crippen molar-refractivity contribution in [3.8, 4) is 0 Å². The summed E-state index contributed by atoms with van der Waals surface area (Å²) < 4.78 is 12.7. The van der Waals surface area contributed by atoms with Crippen LogP contribution in [0.3, 0.4) is 0 Å². The van der Waals surface area contributed by atoms with Crippen molar-refractivity contribution in [2.24, 2.45) is 0 Å². The zero-order valence-electron chi connectivity index (χ0n) is 9.64. The Morgan fingerprint density at radius 3 is 2.33 bits per heavy atom. The molecule has 18 heavy (non-hydrogen) atoms. The first-order valence-corrected chi connectivity index (χ1v) is 5.54. The standard InChI is InChI=1S/C15H12FNO/c16-14-8-6-13(7-9-14)15(18)17-11-10-12-4-2-1-3-5-12/h1-11H,(H,17,18)/b11-10+. The summed E-state index contributed by atoms with van der Waals surface area (Å²) in [6.07, 6.45) is 3.36. The van der Waals surface area contributed by atoms with Crippen molar-refractivity contribution in [1.29, 1.82) is 0 Å². The SMILES string of the molecule is O=C(N/C=C/c1ccccc1)c1ccc(F)cc1. The van der Waals surface area contributed by atoms with E-state index in [2.05, 4.69) is 5.32 Å². The summed E-state index contributed by atoms with van der Waals surface area (Å²) in [7, 11) is 0. The Bertz CT molecular complexity index is 546. The van der Waals surface area contributed by atoms with Gasteiger partial charge in [0.25, 0.3) is 5.91 Å². The average Bonchev–Trinajstić information content (AvgIpc) is 2.40. The van der Waals surface area contributed by atoms with Crippen LogP contribution in [0.4, 0.5) is 4.39 Å². The summed E-state index contributed by atoms with van der Waals surface area (Å²) in [6.45, 7) is 0. The topological polar surface area (TPSA) is 29.1 Å². The number of nitrogens with one attached hydrogen (secondary N) is 1. The molecule has 0 aromatic heterocycles. The lowest BCUT2D eigenvalue weighted by Gasteiger charge is -1.99. The summed E-state index contributed by atoms with van der Waals surface area (Å²) in [5.41, 5.74) is 1.42. The highest BCUT2D eigenvalue weighted by atomic mass is 19.1. The Morgan fingerprint density at radius 2 is 1.67 bits per heavy atom. The van der Waals surface area contributed by atoms with Gasteiger partial charge in [0.1, 0.15) is 5.82 Å². The summed E-state index contributed by atoms with van der Waals surface area (Å²) in [4.78, 5) is 11.7. The molecule has 0 spiro atoms. The molecule has 0 bridgehead atoms. The number of hydrogen-bond acceptors (Lipinski definition) is 1. The van der Waals surface area contributed by atoms with Gasteiger partial charge in [0.15, 0.2) is 0 Å². The molecule has 0 saturated carbocycles. The Hall–Kier alpha value is -2.42. The molecule has 1 amide bonds. The second-order valence-corrected chi connectivity index (χ2v) is 3.72. The van der Waals surface area contributed by atoms with Gasteiger partial charge in [-0.05, 0) is 35.9 Å². The summed E-state index contributed by atoms with van der Waals surface area (Å²) in [5, 5.41) is 2.62. The van der Waals surface area contributed by atoms with Crippen LogP contribution in [0.25, 0.3) is 6.08 Å². The van der Waals surface area contributed by atoms with Crippen LogP contribution in [0.2, 0.25) is 0 Å². The summed E-state index contributed by atoms with van der Waals surface area (Å²) in [5.74, 6) is -0.617. The molecule has 1 N–H and O–H groups in total. The molecule has 2 aromatic rings. The first kappa shape index (κ1) is 12.0. The molecule has 2 nitrogen and oxygen atoms in total. The minimum atomic E-state index is -0.355. The number of halogens is 1. The van der Waals surface area contributed by atoms with Crippen LogP contribution in [0.5, 0.6) is 0 Å². The summed E-state index contributed by atoms with van der Waals surface area (Å²) >= 11 is 0. The maximum absolute atomic E-state index is 12.7. The van der Waals surface area contributed by atoms with E-state index in [1.165, 1.54) is 24.3 Å². The molecule has 0 saturated heterocycles. The van der Waals surface area contributed by atoms with Crippen molar-refractivity contribution in [2.45, 2.75) is 0 Å². The fourth-order valence-electron chi connectivity index (χ4n) is 1.46. The number of benzene rings is 2. The lowest BCUT2D eigenvalue weighted by molar-refractivity contribution is 0.0970. The fourth-order valence-corrected chi connectivity index (χ4v) is 1.46. The minimum absolute atomic E-state index is 0.262. The van der Waals surface area contributed by atoms with Crippen molar-refractivity contribution >= 4 is 12.0 Å². The van der Waals surface area contributed by atoms with Gasteiger partial charge in [-0.25, -0.2) is 4.39 Å². The molecule has 0 heterocycles. The zero-order chi connectivity index (χ0) is 12.8. The Labute approximate surface area is 105 Å². The van der Waals surface area contributed by atoms with Gasteiger partial charge in [0.2, 0.25) is 0 Å². The van der Waals surface area contributed by atoms with E-state index in [1.54, 1.807) is 12.3 Å². The smallest absolute Gasteiger partial charge is 0.255 e. The quantitative estimate of drug-likeness (QED) is 0.878. The third kappa shape index (κ3) is 3.28. The first-order valence-electron chi connectivity index (χ1n) is 5.54. The van der Waals surface area contributed by atoms with Crippen LogP contribution >= 0.6 is 0 Å². The lowest BCUT2D eigenvalue weighted by atomic mass is 10.2. The second kappa shape index (κ2) is 5.77. The van der Waals surface area contributed by atoms with Crippen molar-refractivity contribution in [1.82, 2.24) is 5.32 Å². The first-order chi connectivity index (χ1) is 8.75. The van der Waals surface area contributed by atoms with Crippen molar-refractivity contribution < 1.29 is 9.18 Å². The predicted octanol–water partition coefficient (Wildman–Crippen LogP) is 3.23. The third-order valence-corrected chi connectivity index (χ3v) is 2.40. The molecule has 0 unspecified atom stereocenters. The van der Waals surface area contributed by atoms with Crippen LogP contribution in [0, 0.1) is 5.82 Å². The average molecular weight is 241 g/mol. The minimum Gasteiger partial charge on any atom is -0.329 e. The van der Waals surface area contributed by atoms with E-state index in [1.807, 2.05) is 30.3 Å². The Morgan fingerprint density at radius 1 is 1.00 bits per heavy atom. The third-order valence-electron chi connectivity index (χ3n) is 2.40. The fraction of sp³-hybridized carbons (Fsp3) is 0. The van der Waals surface area contributed by atoms with E-state index in [0.717, 1.165) is 5.56 Å². The van der Waals surface area contributed by atoms with E-state index in [4.69, 9.17) is 0 Å². The molecule has 0 aliphatic heterocycles. The molecule has 0 atom stereocenters. The Balaban J connectivity index is 1.96. The van der Waals surface area contributed by atoms with Crippen LogP contribution in [0.1, 0.15) is 15.9 Å². The van der Waals surface area contributed by atoms with E-state index in [0.29, 0.717) is 5.56 Å². The van der Waals surface area contributed by atoms with E-state index in [9.17, 15) is 9.18 Å². The molecule has 3 heteroatoms. The molecule has 2 rings (SSSR count). The van der Waals surface area contributed by atoms with E-state index in [-0.39, 0.29) is 11.7 Å². The molecule has 0 aliphatic carbocycles. The second-order valence-electron chi connectivity index (χ2n) is 3.72. The van der Waals surface area contributed by atoms with Gasteiger partial charge in [0.05, 0.1) is 0 Å². The molecule has 2 aromatic carbocycles. The van der Waals surface area contributed by atoms with Crippen LogP contribution < -0.4 is 5.32 Å². The van der Waals surface area contributed by atoms with E-state index >= 15 is 0 Å². The number of carbonyl (C=O) groups is 1. The van der Waals surface area contributed by atoms with Crippen LogP contribution in [-0.4, -0.2) is 5.91 Å². The molecular weight excluding hydrogens is 229 g/mol. The molecule has 0 aliphatic rings. The highest BCUT2D eigenvalue weighted by Gasteiger charge is 2.02. The van der Waals surface area contributed by atoms with Gasteiger partial charge in [0, 0.05) is 11.8 Å². The maximum atomic E-state index is 12.7. The normalized spacial score (nSPS) is 10.5. The van der Waals surface area contributed by atoms with Gasteiger partial charge in [-0.1, -0.05) is 30.3 Å². The van der Waals surface area contributed by atoms with Gasteiger partial charge in [-0.2, -0.15) is 0 Å². The van der Waals surface area contributed by atoms with Gasteiger partial charge >= 0.3 is 0 Å². The lowest BCUT2D eigenvalue weighted by Crippen LogP contribution is -2.16. The predicted molar refractivity (Wildman–Crippen MR) is 69.3 cm³/mol. The highest BCUT2D eigenvalue weighted by Crippen LogP contribution is 2.03. The monoisotopic (exact) mass is 241 g/mol. The highest BCUT2D eigenvalue weighted by molar-refractivity contribution is 5.95. The van der Waals surface area contributed by atoms with Crippen molar-refractivity contribution in [3.63, 3.8) is 0 Å². The molecule has 0 radical (unpaired) electrons. The van der Waals surface area contributed by atoms with Gasteiger partial charge in [-0.15, -0.1) is 0 Å². The number of hydrogen-bond donors (Lipinski definition) is 1. The van der Waals surface area contributed by atoms with Gasteiger partial charge < -0.3 is 5.32 Å². The maximum Gasteiger partial charge on any atom is 0.255 e. The van der Waals surface area contributed by atoms with Crippen molar-refractivity contribution in [2.75, 3.05) is 0 Å². The largest absolute Gasteiger partial charge is 0.329 e.